The largest absolute Gasteiger partial charge is 0.450 e. The number of amides is 1. The van der Waals surface area contributed by atoms with Crippen molar-refractivity contribution in [3.8, 4) is 0 Å². The van der Waals surface area contributed by atoms with Crippen molar-refractivity contribution < 1.29 is 13.9 Å². The summed E-state index contributed by atoms with van der Waals surface area (Å²) in [5, 5.41) is 0.471. The second-order valence-corrected chi connectivity index (χ2v) is 8.80. The van der Waals surface area contributed by atoms with E-state index in [2.05, 4.69) is 41.9 Å². The Labute approximate surface area is 183 Å². The van der Waals surface area contributed by atoms with Gasteiger partial charge in [0.2, 0.25) is 5.76 Å². The van der Waals surface area contributed by atoms with Gasteiger partial charge in [0.05, 0.1) is 17.0 Å². The number of nitrogens with zero attached hydrogens (tertiary/aromatic N) is 1. The molecule has 4 rings (SSSR count). The van der Waals surface area contributed by atoms with E-state index in [-0.39, 0.29) is 17.1 Å². The molecule has 1 aromatic heterocycles. The van der Waals surface area contributed by atoms with Crippen LogP contribution in [0.5, 0.6) is 0 Å². The predicted molar refractivity (Wildman–Crippen MR) is 120 cm³/mol. The molecule has 0 radical (unpaired) electrons. The molecule has 0 N–H and O–H groups in total. The molecule has 2 aromatic carbocycles. The van der Waals surface area contributed by atoms with E-state index in [1.807, 2.05) is 12.1 Å². The smallest absolute Gasteiger partial charge is 0.290 e. The lowest BCUT2D eigenvalue weighted by atomic mass is 9.95. The molecule has 0 spiro atoms. The molecule has 3 aromatic rings. The monoisotopic (exact) mass is 469 g/mol. The van der Waals surface area contributed by atoms with Crippen molar-refractivity contribution in [1.29, 1.82) is 0 Å². The summed E-state index contributed by atoms with van der Waals surface area (Å²) in [6.45, 7) is 5.29. The first-order valence-electron chi connectivity index (χ1n) is 10.1. The van der Waals surface area contributed by atoms with Crippen LogP contribution in [0.15, 0.2) is 56.1 Å². The molecule has 1 amide bonds. The Morgan fingerprint density at radius 2 is 1.87 bits per heavy atom. The number of benzene rings is 2. The molecule has 0 bridgehead atoms. The minimum atomic E-state index is -0.467. The summed E-state index contributed by atoms with van der Waals surface area (Å²) in [6.07, 6.45) is 0.677. The Balaban J connectivity index is 1.88. The highest BCUT2D eigenvalue weighted by Gasteiger charge is 2.42. The lowest BCUT2D eigenvalue weighted by Gasteiger charge is -2.25. The second kappa shape index (κ2) is 8.36. The van der Waals surface area contributed by atoms with Crippen LogP contribution in [0.1, 0.15) is 59.5 Å². The van der Waals surface area contributed by atoms with Gasteiger partial charge in [0.1, 0.15) is 5.58 Å². The van der Waals surface area contributed by atoms with Crippen molar-refractivity contribution in [2.45, 2.75) is 32.2 Å². The molecule has 156 valence electrons. The Bertz CT molecular complexity index is 1150. The maximum absolute atomic E-state index is 13.5. The van der Waals surface area contributed by atoms with Crippen molar-refractivity contribution in [3.63, 3.8) is 0 Å². The molecule has 1 aliphatic heterocycles. The normalized spacial score (nSPS) is 16.0. The number of carbonyl (C=O) groups excluding carboxylic acids is 1. The highest BCUT2D eigenvalue weighted by Crippen LogP contribution is 2.38. The molecule has 0 saturated heterocycles. The topological polar surface area (TPSA) is 59.8 Å². The molecule has 30 heavy (non-hydrogen) atoms. The van der Waals surface area contributed by atoms with Crippen LogP contribution in [-0.4, -0.2) is 31.1 Å². The summed E-state index contributed by atoms with van der Waals surface area (Å²) >= 11 is 3.42. The van der Waals surface area contributed by atoms with Gasteiger partial charge in [-0.15, -0.1) is 0 Å². The second-order valence-electron chi connectivity index (χ2n) is 7.88. The molecule has 6 heteroatoms. The summed E-state index contributed by atoms with van der Waals surface area (Å²) in [5.74, 6) is 0.298. The standard InChI is InChI=1S/C24H24BrNO4/c1-14(2)15-5-7-16(8-6-15)21-20-22(27)18-13-17(25)9-10-19(18)30-23(20)24(28)26(21)11-4-12-29-3/h5-10,13-14,21H,4,11-12H2,1-3H3. The minimum absolute atomic E-state index is 0.144. The molecule has 0 saturated carbocycles. The van der Waals surface area contributed by atoms with Crippen molar-refractivity contribution >= 4 is 32.8 Å². The molecular formula is C24H24BrNO4. The third-order valence-electron chi connectivity index (χ3n) is 5.59. The number of hydrogen-bond donors (Lipinski definition) is 0. The molecule has 1 aliphatic rings. The van der Waals surface area contributed by atoms with Crippen LogP contribution in [0.2, 0.25) is 0 Å². The first-order chi connectivity index (χ1) is 14.4. The first kappa shape index (κ1) is 20.8. The van der Waals surface area contributed by atoms with Gasteiger partial charge in [0.15, 0.2) is 5.43 Å². The maximum atomic E-state index is 13.5. The number of methoxy groups -OCH3 is 1. The molecule has 5 nitrogen and oxygen atoms in total. The maximum Gasteiger partial charge on any atom is 0.290 e. The van der Waals surface area contributed by atoms with E-state index in [1.165, 1.54) is 5.56 Å². The van der Waals surface area contributed by atoms with Gasteiger partial charge in [-0.1, -0.05) is 54.0 Å². The van der Waals surface area contributed by atoms with E-state index in [0.29, 0.717) is 42.0 Å². The fraction of sp³-hybridized carbons (Fsp3) is 0.333. The third kappa shape index (κ3) is 3.59. The van der Waals surface area contributed by atoms with Crippen LogP contribution in [0.4, 0.5) is 0 Å². The van der Waals surface area contributed by atoms with E-state index >= 15 is 0 Å². The van der Waals surface area contributed by atoms with E-state index in [4.69, 9.17) is 9.15 Å². The summed E-state index contributed by atoms with van der Waals surface area (Å²) < 4.78 is 11.9. The zero-order valence-corrected chi connectivity index (χ0v) is 18.9. The Hall–Kier alpha value is -2.44. The van der Waals surface area contributed by atoms with Crippen molar-refractivity contribution in [2.24, 2.45) is 0 Å². The van der Waals surface area contributed by atoms with Gasteiger partial charge >= 0.3 is 0 Å². The molecular weight excluding hydrogens is 446 g/mol. The van der Waals surface area contributed by atoms with Gasteiger partial charge in [-0.05, 0) is 41.7 Å². The van der Waals surface area contributed by atoms with Gasteiger partial charge in [0, 0.05) is 24.7 Å². The van der Waals surface area contributed by atoms with E-state index in [0.717, 1.165) is 10.0 Å². The highest BCUT2D eigenvalue weighted by molar-refractivity contribution is 9.10. The van der Waals surface area contributed by atoms with E-state index in [1.54, 1.807) is 30.2 Å². The van der Waals surface area contributed by atoms with Gasteiger partial charge in [-0.25, -0.2) is 0 Å². The molecule has 1 atom stereocenters. The van der Waals surface area contributed by atoms with Gasteiger partial charge in [0.25, 0.3) is 5.91 Å². The quantitative estimate of drug-likeness (QED) is 0.461. The number of rotatable bonds is 6. The molecule has 0 fully saturated rings. The predicted octanol–water partition coefficient (Wildman–Crippen LogP) is 5.26. The fourth-order valence-corrected chi connectivity index (χ4v) is 4.37. The number of hydrogen-bond acceptors (Lipinski definition) is 4. The summed E-state index contributed by atoms with van der Waals surface area (Å²) in [7, 11) is 1.64. The van der Waals surface area contributed by atoms with Crippen LogP contribution < -0.4 is 5.43 Å². The van der Waals surface area contributed by atoms with Crippen molar-refractivity contribution in [2.75, 3.05) is 20.3 Å². The van der Waals surface area contributed by atoms with Crippen LogP contribution >= 0.6 is 15.9 Å². The van der Waals surface area contributed by atoms with Crippen molar-refractivity contribution in [3.05, 3.63) is 79.6 Å². The Morgan fingerprint density at radius 3 is 2.53 bits per heavy atom. The molecule has 0 aliphatic carbocycles. The average molecular weight is 470 g/mol. The zero-order chi connectivity index (χ0) is 21.4. The minimum Gasteiger partial charge on any atom is -0.450 e. The first-order valence-corrected chi connectivity index (χ1v) is 10.9. The van der Waals surface area contributed by atoms with E-state index < -0.39 is 6.04 Å². The van der Waals surface area contributed by atoms with Crippen LogP contribution in [-0.2, 0) is 4.74 Å². The zero-order valence-electron chi connectivity index (χ0n) is 17.3. The Morgan fingerprint density at radius 1 is 1.13 bits per heavy atom. The lowest BCUT2D eigenvalue weighted by Crippen LogP contribution is -2.31. The van der Waals surface area contributed by atoms with Crippen molar-refractivity contribution in [1.82, 2.24) is 4.90 Å². The molecule has 1 unspecified atom stereocenters. The molecule has 2 heterocycles. The van der Waals surface area contributed by atoms with Crippen LogP contribution in [0, 0.1) is 0 Å². The highest BCUT2D eigenvalue weighted by atomic mass is 79.9. The van der Waals surface area contributed by atoms with E-state index in [9.17, 15) is 9.59 Å². The van der Waals surface area contributed by atoms with Gasteiger partial charge in [-0.3, -0.25) is 9.59 Å². The van der Waals surface area contributed by atoms with Gasteiger partial charge in [-0.2, -0.15) is 0 Å². The van der Waals surface area contributed by atoms with Crippen LogP contribution in [0.25, 0.3) is 11.0 Å². The summed E-state index contributed by atoms with van der Waals surface area (Å²) in [4.78, 5) is 28.5. The fourth-order valence-electron chi connectivity index (χ4n) is 4.01. The number of carbonyl (C=O) groups is 1. The number of ether oxygens (including phenoxy) is 1. The Kier molecular flexibility index (Phi) is 5.80. The SMILES string of the molecule is COCCCN1C(=O)c2oc3ccc(Br)cc3c(=O)c2C1c1ccc(C(C)C)cc1. The number of halogens is 1. The van der Waals surface area contributed by atoms with Gasteiger partial charge < -0.3 is 14.1 Å². The number of fused-ring (bicyclic) bond motifs is 2. The third-order valence-corrected chi connectivity index (χ3v) is 6.09. The lowest BCUT2D eigenvalue weighted by molar-refractivity contribution is 0.0708. The summed E-state index contributed by atoms with van der Waals surface area (Å²) in [5.41, 5.74) is 2.80. The average Bonchev–Trinajstić information content (AvgIpc) is 3.01. The summed E-state index contributed by atoms with van der Waals surface area (Å²) in [6, 6.07) is 12.9. The van der Waals surface area contributed by atoms with Crippen LogP contribution in [0.3, 0.4) is 0 Å².